The molecule has 1 aromatic carbocycles. The van der Waals surface area contributed by atoms with Crippen LogP contribution in [-0.4, -0.2) is 41.5 Å². The van der Waals surface area contributed by atoms with Crippen molar-refractivity contribution in [3.8, 4) is 17.0 Å². The quantitative estimate of drug-likeness (QED) is 0.870. The minimum Gasteiger partial charge on any atom is -0.491 e. The molecular formula is C18H19FN2O4. The molecule has 1 amide bonds. The van der Waals surface area contributed by atoms with Crippen LogP contribution in [0, 0.1) is 5.82 Å². The Hall–Kier alpha value is -2.67. The van der Waals surface area contributed by atoms with Crippen molar-refractivity contribution in [2.75, 3.05) is 13.2 Å². The van der Waals surface area contributed by atoms with Gasteiger partial charge in [0.2, 0.25) is 0 Å². The summed E-state index contributed by atoms with van der Waals surface area (Å²) in [5.74, 6) is 0.273. The van der Waals surface area contributed by atoms with Crippen molar-refractivity contribution in [3.05, 3.63) is 48.4 Å². The minimum absolute atomic E-state index is 0.263. The molecule has 2 N–H and O–H groups in total. The molecule has 132 valence electrons. The Bertz CT molecular complexity index is 706. The Labute approximate surface area is 144 Å². The normalized spacial score (nSPS) is 20.0. The number of ether oxygens (including phenoxy) is 2. The molecule has 1 aliphatic rings. The molecule has 0 bridgehead atoms. The Balaban J connectivity index is 1.59. The molecule has 0 aliphatic carbocycles. The molecule has 1 aliphatic heterocycles. The fourth-order valence-electron chi connectivity index (χ4n) is 2.77. The summed E-state index contributed by atoms with van der Waals surface area (Å²) in [6.45, 7) is 0.861. The summed E-state index contributed by atoms with van der Waals surface area (Å²) in [6.07, 6.45) is 1.35. The summed E-state index contributed by atoms with van der Waals surface area (Å²) in [5.41, 5.74) is 1.53. The number of aromatic nitrogens is 1. The maximum atomic E-state index is 12.9. The molecule has 0 unspecified atom stereocenters. The lowest BCUT2D eigenvalue weighted by Crippen LogP contribution is -2.49. The fourth-order valence-corrected chi connectivity index (χ4v) is 2.77. The van der Waals surface area contributed by atoms with Crippen molar-refractivity contribution in [1.82, 2.24) is 10.3 Å². The molecule has 2 heterocycles. The predicted octanol–water partition coefficient (Wildman–Crippen LogP) is 3.08. The predicted molar refractivity (Wildman–Crippen MR) is 89.0 cm³/mol. The first-order valence-electron chi connectivity index (χ1n) is 8.07. The summed E-state index contributed by atoms with van der Waals surface area (Å²) in [7, 11) is 0. The highest BCUT2D eigenvalue weighted by atomic mass is 19.1. The maximum absolute atomic E-state index is 12.9. The number of pyridine rings is 1. The summed E-state index contributed by atoms with van der Waals surface area (Å²) >= 11 is 0. The summed E-state index contributed by atoms with van der Waals surface area (Å²) in [6, 6.07) is 9.97. The highest BCUT2D eigenvalue weighted by Gasteiger charge is 2.28. The molecule has 1 aromatic heterocycles. The number of carboxylic acid groups (broad SMARTS) is 1. The Kier molecular flexibility index (Phi) is 5.45. The molecule has 1 fully saturated rings. The van der Waals surface area contributed by atoms with Crippen LogP contribution in [-0.2, 0) is 4.74 Å². The van der Waals surface area contributed by atoms with Gasteiger partial charge in [-0.1, -0.05) is 0 Å². The Morgan fingerprint density at radius 1 is 1.32 bits per heavy atom. The van der Waals surface area contributed by atoms with E-state index in [1.165, 1.54) is 12.3 Å². The SMILES string of the molecule is O=C(O)N[C@H]1CCCO[C@@H]1COc1ccc(-c2ccc(F)cn2)cc1. The lowest BCUT2D eigenvalue weighted by Gasteiger charge is -2.31. The monoisotopic (exact) mass is 346 g/mol. The number of rotatable bonds is 5. The number of nitrogens with zero attached hydrogens (tertiary/aromatic N) is 1. The van der Waals surface area contributed by atoms with E-state index in [2.05, 4.69) is 10.3 Å². The van der Waals surface area contributed by atoms with Crippen molar-refractivity contribution in [2.45, 2.75) is 25.0 Å². The molecule has 2 atom stereocenters. The van der Waals surface area contributed by atoms with E-state index in [4.69, 9.17) is 14.6 Å². The molecule has 6 nitrogen and oxygen atoms in total. The van der Waals surface area contributed by atoms with Gasteiger partial charge in [0.05, 0.1) is 17.9 Å². The smallest absolute Gasteiger partial charge is 0.404 e. The average molecular weight is 346 g/mol. The Morgan fingerprint density at radius 2 is 2.12 bits per heavy atom. The van der Waals surface area contributed by atoms with Gasteiger partial charge in [-0.05, 0) is 49.2 Å². The Morgan fingerprint density at radius 3 is 2.80 bits per heavy atom. The van der Waals surface area contributed by atoms with E-state index in [1.54, 1.807) is 18.2 Å². The molecule has 25 heavy (non-hydrogen) atoms. The van der Waals surface area contributed by atoms with E-state index in [0.29, 0.717) is 18.1 Å². The van der Waals surface area contributed by atoms with Crippen LogP contribution in [0.3, 0.4) is 0 Å². The van der Waals surface area contributed by atoms with Gasteiger partial charge >= 0.3 is 6.09 Å². The van der Waals surface area contributed by atoms with E-state index < -0.39 is 6.09 Å². The average Bonchev–Trinajstić information content (AvgIpc) is 2.62. The van der Waals surface area contributed by atoms with Gasteiger partial charge in [0.25, 0.3) is 0 Å². The van der Waals surface area contributed by atoms with Gasteiger partial charge in [0, 0.05) is 12.2 Å². The van der Waals surface area contributed by atoms with E-state index in [0.717, 1.165) is 18.4 Å². The lowest BCUT2D eigenvalue weighted by molar-refractivity contribution is -0.0318. The largest absolute Gasteiger partial charge is 0.491 e. The van der Waals surface area contributed by atoms with Crippen LogP contribution < -0.4 is 10.1 Å². The summed E-state index contributed by atoms with van der Waals surface area (Å²) in [5, 5.41) is 11.4. The number of benzene rings is 1. The number of hydrogen-bond acceptors (Lipinski definition) is 4. The minimum atomic E-state index is -1.06. The van der Waals surface area contributed by atoms with E-state index in [-0.39, 0.29) is 24.6 Å². The first-order valence-corrected chi connectivity index (χ1v) is 8.07. The standard InChI is InChI=1S/C18H19FN2O4/c19-13-5-8-15(20-10-13)12-3-6-14(7-4-12)25-11-17-16(21-18(22)23)2-1-9-24-17/h3-8,10,16-17,21H,1-2,9,11H2,(H,22,23)/t16-,17+/m0/s1. The van der Waals surface area contributed by atoms with Crippen LogP contribution in [0.4, 0.5) is 9.18 Å². The van der Waals surface area contributed by atoms with Gasteiger partial charge in [-0.25, -0.2) is 9.18 Å². The van der Waals surface area contributed by atoms with Crippen molar-refractivity contribution in [2.24, 2.45) is 0 Å². The van der Waals surface area contributed by atoms with Gasteiger partial charge in [-0.15, -0.1) is 0 Å². The highest BCUT2D eigenvalue weighted by molar-refractivity contribution is 5.65. The third-order valence-electron chi connectivity index (χ3n) is 4.04. The number of carbonyl (C=O) groups is 1. The number of hydrogen-bond donors (Lipinski definition) is 2. The molecule has 2 aromatic rings. The van der Waals surface area contributed by atoms with Crippen molar-refractivity contribution in [3.63, 3.8) is 0 Å². The maximum Gasteiger partial charge on any atom is 0.404 e. The number of halogens is 1. The zero-order chi connectivity index (χ0) is 17.6. The second-order valence-corrected chi connectivity index (χ2v) is 5.80. The zero-order valence-corrected chi connectivity index (χ0v) is 13.5. The first-order chi connectivity index (χ1) is 12.1. The van der Waals surface area contributed by atoms with Crippen LogP contribution in [0.2, 0.25) is 0 Å². The van der Waals surface area contributed by atoms with E-state index >= 15 is 0 Å². The number of amides is 1. The van der Waals surface area contributed by atoms with Crippen LogP contribution in [0.25, 0.3) is 11.3 Å². The second kappa shape index (κ2) is 7.94. The molecule has 3 rings (SSSR count). The van der Waals surface area contributed by atoms with E-state index in [1.807, 2.05) is 12.1 Å². The summed E-state index contributed by atoms with van der Waals surface area (Å²) < 4.78 is 24.3. The molecule has 1 saturated heterocycles. The fraction of sp³-hybridized carbons (Fsp3) is 0.333. The number of nitrogens with one attached hydrogen (secondary N) is 1. The summed E-state index contributed by atoms with van der Waals surface area (Å²) in [4.78, 5) is 14.9. The third-order valence-corrected chi connectivity index (χ3v) is 4.04. The van der Waals surface area contributed by atoms with Crippen molar-refractivity contribution >= 4 is 6.09 Å². The van der Waals surface area contributed by atoms with Gasteiger partial charge in [-0.3, -0.25) is 4.98 Å². The van der Waals surface area contributed by atoms with Crippen LogP contribution >= 0.6 is 0 Å². The topological polar surface area (TPSA) is 80.7 Å². The third kappa shape index (κ3) is 4.67. The van der Waals surface area contributed by atoms with Crippen LogP contribution in [0.15, 0.2) is 42.6 Å². The molecular weight excluding hydrogens is 327 g/mol. The van der Waals surface area contributed by atoms with Crippen LogP contribution in [0.1, 0.15) is 12.8 Å². The first kappa shape index (κ1) is 17.2. The van der Waals surface area contributed by atoms with Gasteiger partial charge in [-0.2, -0.15) is 0 Å². The van der Waals surface area contributed by atoms with Crippen LogP contribution in [0.5, 0.6) is 5.75 Å². The molecule has 0 radical (unpaired) electrons. The zero-order valence-electron chi connectivity index (χ0n) is 13.5. The lowest BCUT2D eigenvalue weighted by atomic mass is 10.0. The van der Waals surface area contributed by atoms with Gasteiger partial charge < -0.3 is 19.9 Å². The van der Waals surface area contributed by atoms with Gasteiger partial charge in [0.1, 0.15) is 24.3 Å². The highest BCUT2D eigenvalue weighted by Crippen LogP contribution is 2.22. The molecule has 7 heteroatoms. The van der Waals surface area contributed by atoms with Crippen molar-refractivity contribution in [1.29, 1.82) is 0 Å². The second-order valence-electron chi connectivity index (χ2n) is 5.80. The molecule has 0 saturated carbocycles. The molecule has 0 spiro atoms. The van der Waals surface area contributed by atoms with Gasteiger partial charge in [0.15, 0.2) is 0 Å². The van der Waals surface area contributed by atoms with Crippen molar-refractivity contribution < 1.29 is 23.8 Å². The van der Waals surface area contributed by atoms with E-state index in [9.17, 15) is 9.18 Å².